The van der Waals surface area contributed by atoms with E-state index >= 15 is 0 Å². The number of amides is 1. The van der Waals surface area contributed by atoms with Gasteiger partial charge in [-0.1, -0.05) is 29.5 Å². The fourth-order valence-electron chi connectivity index (χ4n) is 3.63. The molecule has 0 bridgehead atoms. The van der Waals surface area contributed by atoms with E-state index in [9.17, 15) is 4.79 Å². The van der Waals surface area contributed by atoms with Gasteiger partial charge in [-0.05, 0) is 42.8 Å². The van der Waals surface area contributed by atoms with Gasteiger partial charge in [-0.25, -0.2) is 4.98 Å². The first-order valence-electron chi connectivity index (χ1n) is 10.1. The minimum absolute atomic E-state index is 0.129. The average Bonchev–Trinajstić information content (AvgIpc) is 3.39. The second-order valence-electron chi connectivity index (χ2n) is 7.48. The number of carbonyl (C=O) groups is 1. The van der Waals surface area contributed by atoms with E-state index in [1.165, 1.54) is 10.3 Å². The first kappa shape index (κ1) is 20.5. The molecule has 1 fully saturated rings. The highest BCUT2D eigenvalue weighted by Gasteiger charge is 2.22. The number of thiazole rings is 1. The zero-order valence-electron chi connectivity index (χ0n) is 17.0. The smallest absolute Gasteiger partial charge is 0.234 e. The van der Waals surface area contributed by atoms with E-state index in [0.717, 1.165) is 60.4 Å². The van der Waals surface area contributed by atoms with Crippen molar-refractivity contribution in [2.24, 2.45) is 0 Å². The van der Waals surface area contributed by atoms with Gasteiger partial charge in [-0.2, -0.15) is 0 Å². The van der Waals surface area contributed by atoms with E-state index in [0.29, 0.717) is 13.0 Å². The molecule has 2 aromatic heterocycles. The molecule has 1 saturated heterocycles. The Hall–Kier alpha value is -1.80. The Labute approximate surface area is 179 Å². The Balaban J connectivity index is 1.54. The summed E-state index contributed by atoms with van der Waals surface area (Å²) in [6, 6.07) is 8.27. The number of aromatic nitrogens is 1. The van der Waals surface area contributed by atoms with Crippen molar-refractivity contribution in [1.29, 1.82) is 0 Å². The zero-order valence-corrected chi connectivity index (χ0v) is 18.7. The number of ether oxygens (including phenoxy) is 1. The predicted octanol–water partition coefficient (Wildman–Crippen LogP) is 4.27. The molecule has 5 nitrogen and oxygen atoms in total. The summed E-state index contributed by atoms with van der Waals surface area (Å²) in [4.78, 5) is 23.5. The summed E-state index contributed by atoms with van der Waals surface area (Å²) >= 11 is 3.27. The zero-order chi connectivity index (χ0) is 20.2. The third kappa shape index (κ3) is 4.86. The standard InChI is InChI=1S/C22H27N3O2S2/c1-16-6-7-17(2)21-20(16)23-22(29-21)25(19(26)15-18-5-3-14-28-18)9-4-8-24-10-12-27-13-11-24/h3,5-7,14H,4,8-13,15H2,1-2H3. The molecule has 29 heavy (non-hydrogen) atoms. The van der Waals surface area contributed by atoms with E-state index in [1.807, 2.05) is 22.4 Å². The highest BCUT2D eigenvalue weighted by molar-refractivity contribution is 7.22. The Morgan fingerprint density at radius 1 is 1.21 bits per heavy atom. The van der Waals surface area contributed by atoms with Crippen molar-refractivity contribution >= 4 is 43.9 Å². The van der Waals surface area contributed by atoms with Gasteiger partial charge in [0.15, 0.2) is 5.13 Å². The molecular formula is C22H27N3O2S2. The number of benzene rings is 1. The van der Waals surface area contributed by atoms with Gasteiger partial charge < -0.3 is 4.74 Å². The van der Waals surface area contributed by atoms with Crippen molar-refractivity contribution in [1.82, 2.24) is 9.88 Å². The molecule has 154 valence electrons. The maximum Gasteiger partial charge on any atom is 0.234 e. The van der Waals surface area contributed by atoms with Crippen molar-refractivity contribution in [3.63, 3.8) is 0 Å². The van der Waals surface area contributed by atoms with Crippen molar-refractivity contribution < 1.29 is 9.53 Å². The van der Waals surface area contributed by atoms with Gasteiger partial charge in [0.05, 0.1) is 29.9 Å². The van der Waals surface area contributed by atoms with E-state index in [1.54, 1.807) is 22.7 Å². The lowest BCUT2D eigenvalue weighted by Gasteiger charge is -2.27. The second-order valence-corrected chi connectivity index (χ2v) is 9.49. The van der Waals surface area contributed by atoms with E-state index in [4.69, 9.17) is 9.72 Å². The fourth-order valence-corrected chi connectivity index (χ4v) is 5.48. The minimum atomic E-state index is 0.129. The van der Waals surface area contributed by atoms with Crippen LogP contribution in [0.1, 0.15) is 22.4 Å². The SMILES string of the molecule is Cc1ccc(C)c2sc(N(CCCN3CCOCC3)C(=O)Cc3cccs3)nc12. The second kappa shape index (κ2) is 9.34. The molecule has 0 aliphatic carbocycles. The Bertz CT molecular complexity index is 923. The van der Waals surface area contributed by atoms with Crippen LogP contribution in [0, 0.1) is 13.8 Å². The molecular weight excluding hydrogens is 402 g/mol. The first-order valence-corrected chi connectivity index (χ1v) is 11.8. The molecule has 1 aliphatic rings. The van der Waals surface area contributed by atoms with Crippen LogP contribution in [0.3, 0.4) is 0 Å². The summed E-state index contributed by atoms with van der Waals surface area (Å²) in [7, 11) is 0. The van der Waals surface area contributed by atoms with Crippen LogP contribution in [0.15, 0.2) is 29.6 Å². The van der Waals surface area contributed by atoms with Gasteiger partial charge in [0, 0.05) is 31.1 Å². The normalized spacial score (nSPS) is 15.1. The van der Waals surface area contributed by atoms with Crippen molar-refractivity contribution in [3.05, 3.63) is 45.6 Å². The summed E-state index contributed by atoms with van der Waals surface area (Å²) in [6.07, 6.45) is 1.37. The molecule has 0 spiro atoms. The van der Waals surface area contributed by atoms with Crippen LogP contribution in [-0.2, 0) is 16.0 Å². The maximum atomic E-state index is 13.2. The van der Waals surface area contributed by atoms with Gasteiger partial charge in [0.1, 0.15) is 0 Å². The lowest BCUT2D eigenvalue weighted by Crippen LogP contribution is -2.39. The van der Waals surface area contributed by atoms with Gasteiger partial charge >= 0.3 is 0 Å². The highest BCUT2D eigenvalue weighted by Crippen LogP contribution is 2.33. The van der Waals surface area contributed by atoms with Crippen LogP contribution < -0.4 is 4.90 Å². The molecule has 0 saturated carbocycles. The van der Waals surface area contributed by atoms with Crippen LogP contribution in [-0.4, -0.2) is 55.2 Å². The number of rotatable bonds is 7. The van der Waals surface area contributed by atoms with Crippen LogP contribution in [0.4, 0.5) is 5.13 Å². The van der Waals surface area contributed by atoms with Gasteiger partial charge in [-0.3, -0.25) is 14.6 Å². The van der Waals surface area contributed by atoms with Gasteiger partial charge in [0.25, 0.3) is 0 Å². The van der Waals surface area contributed by atoms with E-state index < -0.39 is 0 Å². The minimum Gasteiger partial charge on any atom is -0.379 e. The number of thiophene rings is 1. The highest BCUT2D eigenvalue weighted by atomic mass is 32.1. The number of carbonyl (C=O) groups excluding carboxylic acids is 1. The summed E-state index contributed by atoms with van der Waals surface area (Å²) in [5.41, 5.74) is 3.40. The molecule has 4 rings (SSSR count). The van der Waals surface area contributed by atoms with Crippen LogP contribution in [0.25, 0.3) is 10.2 Å². The Kier molecular flexibility index (Phi) is 6.60. The van der Waals surface area contributed by atoms with E-state index in [2.05, 4.69) is 30.9 Å². The monoisotopic (exact) mass is 429 g/mol. The maximum absolute atomic E-state index is 13.2. The topological polar surface area (TPSA) is 45.7 Å². The summed E-state index contributed by atoms with van der Waals surface area (Å²) in [5.74, 6) is 0.129. The number of nitrogens with zero attached hydrogens (tertiary/aromatic N) is 3. The van der Waals surface area contributed by atoms with Crippen molar-refractivity contribution in [3.8, 4) is 0 Å². The summed E-state index contributed by atoms with van der Waals surface area (Å²) in [6.45, 7) is 9.43. The predicted molar refractivity (Wildman–Crippen MR) is 121 cm³/mol. The van der Waals surface area contributed by atoms with E-state index in [-0.39, 0.29) is 5.91 Å². The molecule has 1 amide bonds. The molecule has 0 N–H and O–H groups in total. The lowest BCUT2D eigenvalue weighted by atomic mass is 10.1. The van der Waals surface area contributed by atoms with Crippen molar-refractivity contribution in [2.75, 3.05) is 44.3 Å². The van der Waals surface area contributed by atoms with Gasteiger partial charge in [0.2, 0.25) is 5.91 Å². The van der Waals surface area contributed by atoms with Gasteiger partial charge in [-0.15, -0.1) is 11.3 Å². The molecule has 1 aliphatic heterocycles. The largest absolute Gasteiger partial charge is 0.379 e. The molecule has 0 atom stereocenters. The summed E-state index contributed by atoms with van der Waals surface area (Å²) in [5, 5.41) is 2.84. The first-order chi connectivity index (χ1) is 14.1. The quantitative estimate of drug-likeness (QED) is 0.563. The molecule has 3 aromatic rings. The number of hydrogen-bond acceptors (Lipinski definition) is 6. The number of morpholine rings is 1. The van der Waals surface area contributed by atoms with Crippen LogP contribution in [0.2, 0.25) is 0 Å². The van der Waals surface area contributed by atoms with Crippen molar-refractivity contribution in [2.45, 2.75) is 26.7 Å². The number of anilines is 1. The molecule has 0 radical (unpaired) electrons. The number of hydrogen-bond donors (Lipinski definition) is 0. The third-order valence-electron chi connectivity index (χ3n) is 5.33. The summed E-state index contributed by atoms with van der Waals surface area (Å²) < 4.78 is 6.62. The Morgan fingerprint density at radius 2 is 2.00 bits per heavy atom. The van der Waals surface area contributed by atoms with Crippen LogP contribution in [0.5, 0.6) is 0 Å². The Morgan fingerprint density at radius 3 is 2.72 bits per heavy atom. The number of aryl methyl sites for hydroxylation is 2. The van der Waals surface area contributed by atoms with Crippen LogP contribution >= 0.6 is 22.7 Å². The molecule has 3 heterocycles. The third-order valence-corrected chi connectivity index (χ3v) is 7.42. The molecule has 0 unspecified atom stereocenters. The lowest BCUT2D eigenvalue weighted by molar-refractivity contribution is -0.118. The molecule has 1 aromatic carbocycles. The number of fused-ring (bicyclic) bond motifs is 1. The fraction of sp³-hybridized carbons (Fsp3) is 0.455. The average molecular weight is 430 g/mol. The molecule has 7 heteroatoms.